The van der Waals surface area contributed by atoms with Gasteiger partial charge < -0.3 is 14.2 Å². The molecule has 156 valence electrons. The SMILES string of the molecule is COCC(=O)N1c2ncnn2[C@@H](c2ccc(OC)cc2)C[C@H]1c1ccc(OC)cc1. The van der Waals surface area contributed by atoms with Crippen LogP contribution in [-0.4, -0.2) is 48.6 Å². The van der Waals surface area contributed by atoms with Crippen molar-refractivity contribution in [1.82, 2.24) is 14.8 Å². The maximum absolute atomic E-state index is 13.0. The zero-order chi connectivity index (χ0) is 21.1. The molecule has 0 saturated heterocycles. The molecule has 1 aliphatic heterocycles. The summed E-state index contributed by atoms with van der Waals surface area (Å²) >= 11 is 0. The summed E-state index contributed by atoms with van der Waals surface area (Å²) in [6, 6.07) is 15.4. The van der Waals surface area contributed by atoms with Crippen molar-refractivity contribution >= 4 is 11.9 Å². The van der Waals surface area contributed by atoms with E-state index in [1.54, 1.807) is 23.8 Å². The molecule has 8 heteroatoms. The van der Waals surface area contributed by atoms with Crippen LogP contribution in [0.4, 0.5) is 5.95 Å². The Morgan fingerprint density at radius 1 is 0.933 bits per heavy atom. The smallest absolute Gasteiger partial charge is 0.255 e. The Morgan fingerprint density at radius 3 is 2.03 bits per heavy atom. The third kappa shape index (κ3) is 3.61. The van der Waals surface area contributed by atoms with Gasteiger partial charge >= 0.3 is 0 Å². The average molecular weight is 408 g/mol. The number of carbonyl (C=O) groups is 1. The fourth-order valence-corrected chi connectivity index (χ4v) is 3.89. The van der Waals surface area contributed by atoms with Gasteiger partial charge in [-0.3, -0.25) is 9.69 Å². The van der Waals surface area contributed by atoms with Crippen LogP contribution < -0.4 is 14.4 Å². The molecule has 0 aliphatic carbocycles. The van der Waals surface area contributed by atoms with E-state index < -0.39 is 0 Å². The molecule has 0 N–H and O–H groups in total. The van der Waals surface area contributed by atoms with Crippen LogP contribution in [0.1, 0.15) is 29.6 Å². The van der Waals surface area contributed by atoms with E-state index in [1.165, 1.54) is 13.4 Å². The van der Waals surface area contributed by atoms with Crippen LogP contribution in [0, 0.1) is 0 Å². The van der Waals surface area contributed by atoms with E-state index in [0.717, 1.165) is 22.6 Å². The van der Waals surface area contributed by atoms with Gasteiger partial charge in [-0.05, 0) is 41.8 Å². The summed E-state index contributed by atoms with van der Waals surface area (Å²) in [7, 11) is 4.78. The van der Waals surface area contributed by atoms with Crippen LogP contribution in [0.15, 0.2) is 54.9 Å². The van der Waals surface area contributed by atoms with Crippen molar-refractivity contribution in [1.29, 1.82) is 0 Å². The van der Waals surface area contributed by atoms with Crippen molar-refractivity contribution in [3.63, 3.8) is 0 Å². The lowest BCUT2D eigenvalue weighted by molar-refractivity contribution is -0.123. The second-order valence-electron chi connectivity index (χ2n) is 7.01. The summed E-state index contributed by atoms with van der Waals surface area (Å²) in [6.45, 7) is -0.0350. The lowest BCUT2D eigenvalue weighted by Gasteiger charge is -2.39. The lowest BCUT2D eigenvalue weighted by Crippen LogP contribution is -2.44. The molecule has 0 bridgehead atoms. The Labute approximate surface area is 175 Å². The van der Waals surface area contributed by atoms with Crippen molar-refractivity contribution in [2.24, 2.45) is 0 Å². The molecule has 2 atom stereocenters. The van der Waals surface area contributed by atoms with E-state index in [-0.39, 0.29) is 24.6 Å². The molecule has 0 fully saturated rings. The molecule has 0 spiro atoms. The Hall–Kier alpha value is -3.39. The fourth-order valence-electron chi connectivity index (χ4n) is 3.89. The zero-order valence-corrected chi connectivity index (χ0v) is 17.2. The molecular weight excluding hydrogens is 384 g/mol. The standard InChI is InChI=1S/C22H24N4O4/c1-28-13-21(27)25-19(15-4-8-17(29-2)9-5-15)12-20(26-22(25)23-14-24-26)16-6-10-18(30-3)11-7-16/h4-11,14,19-20H,12-13H2,1-3H3/t19-,20+/m0/s1. The van der Waals surface area contributed by atoms with Gasteiger partial charge in [0.25, 0.3) is 5.91 Å². The van der Waals surface area contributed by atoms with E-state index >= 15 is 0 Å². The summed E-state index contributed by atoms with van der Waals surface area (Å²) in [5.41, 5.74) is 2.06. The minimum Gasteiger partial charge on any atom is -0.497 e. The highest BCUT2D eigenvalue weighted by molar-refractivity contribution is 5.93. The first-order chi connectivity index (χ1) is 14.7. The van der Waals surface area contributed by atoms with Crippen LogP contribution in [-0.2, 0) is 9.53 Å². The summed E-state index contributed by atoms with van der Waals surface area (Å²) in [5.74, 6) is 1.89. The number of rotatable bonds is 6. The maximum Gasteiger partial charge on any atom is 0.255 e. The first-order valence-electron chi connectivity index (χ1n) is 9.64. The highest BCUT2D eigenvalue weighted by Crippen LogP contribution is 2.42. The first-order valence-corrected chi connectivity index (χ1v) is 9.64. The topological polar surface area (TPSA) is 78.7 Å². The van der Waals surface area contributed by atoms with Crippen molar-refractivity contribution in [3.05, 3.63) is 66.0 Å². The van der Waals surface area contributed by atoms with Gasteiger partial charge in [0, 0.05) is 7.11 Å². The number of amides is 1. The molecule has 3 aromatic rings. The van der Waals surface area contributed by atoms with Gasteiger partial charge in [0.15, 0.2) is 0 Å². The predicted molar refractivity (Wildman–Crippen MR) is 111 cm³/mol. The Morgan fingerprint density at radius 2 is 1.50 bits per heavy atom. The quantitative estimate of drug-likeness (QED) is 0.624. The molecule has 30 heavy (non-hydrogen) atoms. The van der Waals surface area contributed by atoms with Gasteiger partial charge in [-0.2, -0.15) is 10.1 Å². The van der Waals surface area contributed by atoms with E-state index in [4.69, 9.17) is 14.2 Å². The molecule has 4 rings (SSSR count). The van der Waals surface area contributed by atoms with Gasteiger partial charge in [-0.25, -0.2) is 4.68 Å². The number of nitrogens with zero attached hydrogens (tertiary/aromatic N) is 4. The van der Waals surface area contributed by atoms with Crippen LogP contribution in [0.3, 0.4) is 0 Å². The first kappa shape index (κ1) is 19.9. The number of hydrogen-bond acceptors (Lipinski definition) is 6. The molecule has 1 aliphatic rings. The van der Waals surface area contributed by atoms with Gasteiger partial charge in [-0.15, -0.1) is 0 Å². The third-order valence-corrected chi connectivity index (χ3v) is 5.36. The highest BCUT2D eigenvalue weighted by atomic mass is 16.5. The molecular formula is C22H24N4O4. The number of hydrogen-bond donors (Lipinski definition) is 0. The summed E-state index contributed by atoms with van der Waals surface area (Å²) in [6.07, 6.45) is 2.12. The Bertz CT molecular complexity index is 1000. The number of benzene rings is 2. The second-order valence-corrected chi connectivity index (χ2v) is 7.01. The Kier molecular flexibility index (Phi) is 5.67. The van der Waals surface area contributed by atoms with Crippen LogP contribution in [0.25, 0.3) is 0 Å². The normalized spacial score (nSPS) is 18.0. The van der Waals surface area contributed by atoms with Crippen LogP contribution in [0.2, 0.25) is 0 Å². The summed E-state index contributed by atoms with van der Waals surface area (Å²) < 4.78 is 17.5. The van der Waals surface area contributed by atoms with Crippen molar-refractivity contribution < 1.29 is 19.0 Å². The van der Waals surface area contributed by atoms with Gasteiger partial charge in [0.05, 0.1) is 26.3 Å². The fraction of sp³-hybridized carbons (Fsp3) is 0.318. The molecule has 1 amide bonds. The van der Waals surface area contributed by atoms with Gasteiger partial charge in [0.2, 0.25) is 5.95 Å². The molecule has 0 saturated carbocycles. The minimum absolute atomic E-state index is 0.0350. The average Bonchev–Trinajstić information content (AvgIpc) is 3.28. The minimum atomic E-state index is -0.220. The van der Waals surface area contributed by atoms with E-state index in [2.05, 4.69) is 10.1 Å². The zero-order valence-electron chi connectivity index (χ0n) is 17.2. The van der Waals surface area contributed by atoms with E-state index in [0.29, 0.717) is 12.4 Å². The summed E-state index contributed by atoms with van der Waals surface area (Å²) in [5, 5.41) is 4.43. The maximum atomic E-state index is 13.0. The molecule has 1 aromatic heterocycles. The number of ether oxygens (including phenoxy) is 3. The Balaban J connectivity index is 1.78. The third-order valence-electron chi connectivity index (χ3n) is 5.36. The van der Waals surface area contributed by atoms with E-state index in [1.807, 2.05) is 48.5 Å². The van der Waals surface area contributed by atoms with Crippen LogP contribution in [0.5, 0.6) is 11.5 Å². The summed E-state index contributed by atoms with van der Waals surface area (Å²) in [4.78, 5) is 19.1. The van der Waals surface area contributed by atoms with Crippen molar-refractivity contribution in [3.8, 4) is 11.5 Å². The molecule has 2 heterocycles. The lowest BCUT2D eigenvalue weighted by atomic mass is 9.92. The molecule has 0 unspecified atom stereocenters. The molecule has 2 aromatic carbocycles. The van der Waals surface area contributed by atoms with Crippen molar-refractivity contribution in [2.75, 3.05) is 32.8 Å². The number of anilines is 1. The van der Waals surface area contributed by atoms with Gasteiger partial charge in [0.1, 0.15) is 24.4 Å². The van der Waals surface area contributed by atoms with Gasteiger partial charge in [-0.1, -0.05) is 24.3 Å². The second kappa shape index (κ2) is 8.54. The van der Waals surface area contributed by atoms with Crippen molar-refractivity contribution in [2.45, 2.75) is 18.5 Å². The number of aromatic nitrogens is 3. The highest BCUT2D eigenvalue weighted by Gasteiger charge is 2.39. The van der Waals surface area contributed by atoms with E-state index in [9.17, 15) is 4.79 Å². The number of fused-ring (bicyclic) bond motifs is 1. The monoisotopic (exact) mass is 408 g/mol. The number of methoxy groups -OCH3 is 3. The number of carbonyl (C=O) groups excluding carboxylic acids is 1. The molecule has 0 radical (unpaired) electrons. The van der Waals surface area contributed by atoms with Crippen LogP contribution >= 0.6 is 0 Å². The largest absolute Gasteiger partial charge is 0.497 e. The molecule has 8 nitrogen and oxygen atoms in total. The predicted octanol–water partition coefficient (Wildman–Crippen LogP) is 3.01.